The van der Waals surface area contributed by atoms with Gasteiger partial charge < -0.3 is 4.74 Å². The summed E-state index contributed by atoms with van der Waals surface area (Å²) in [6, 6.07) is 11.9. The van der Waals surface area contributed by atoms with Crippen LogP contribution in [0.4, 0.5) is 0 Å². The maximum atomic E-state index is 12.6. The van der Waals surface area contributed by atoms with E-state index in [1.54, 1.807) is 12.1 Å². The molecule has 4 rings (SSSR count). The minimum atomic E-state index is -3.95. The molecule has 158 valence electrons. The van der Waals surface area contributed by atoms with E-state index in [4.69, 9.17) is 4.74 Å². The number of methoxy groups -OCH3 is 1. The molecule has 2 heterocycles. The van der Waals surface area contributed by atoms with Crippen molar-refractivity contribution in [1.82, 2.24) is 0 Å². The van der Waals surface area contributed by atoms with Gasteiger partial charge in [-0.15, -0.1) is 0 Å². The zero-order valence-electron chi connectivity index (χ0n) is 16.2. The van der Waals surface area contributed by atoms with E-state index in [1.807, 2.05) is 0 Å². The molecule has 0 saturated heterocycles. The van der Waals surface area contributed by atoms with Crippen LogP contribution >= 0.6 is 0 Å². The predicted molar refractivity (Wildman–Crippen MR) is 112 cm³/mol. The first kappa shape index (κ1) is 21.0. The number of sulfone groups is 2. The first-order valence-corrected chi connectivity index (χ1v) is 12.1. The average molecular weight is 456 g/mol. The highest BCUT2D eigenvalue weighted by molar-refractivity contribution is 7.97. The standard InChI is InChI=1S/C22H16O7S2/c1-29-14(10-12-19-21(23)15-6-2-4-8-17(15)30(19,25)26)11-13-20-22(24)16-7-3-5-9-18(16)31(20,27)28/h2-10,12-13H,11H2,1H3. The molecule has 0 aliphatic carbocycles. The number of benzene rings is 2. The third-order valence-corrected chi connectivity index (χ3v) is 8.74. The van der Waals surface area contributed by atoms with Crippen LogP contribution in [-0.4, -0.2) is 35.5 Å². The zero-order chi connectivity index (χ0) is 22.4. The van der Waals surface area contributed by atoms with Crippen molar-refractivity contribution >= 4 is 31.2 Å². The lowest BCUT2D eigenvalue weighted by Gasteiger charge is -2.03. The van der Waals surface area contributed by atoms with Crippen LogP contribution in [0, 0.1) is 0 Å². The molecule has 0 N–H and O–H groups in total. The Balaban J connectivity index is 1.66. The second kappa shape index (κ2) is 7.44. The molecule has 0 aromatic heterocycles. The monoisotopic (exact) mass is 456 g/mol. The molecule has 0 bridgehead atoms. The Bertz CT molecular complexity index is 1440. The molecular formula is C22H16O7S2. The molecular weight excluding hydrogens is 440 g/mol. The topological polar surface area (TPSA) is 112 Å². The van der Waals surface area contributed by atoms with Crippen molar-refractivity contribution in [2.45, 2.75) is 16.2 Å². The summed E-state index contributed by atoms with van der Waals surface area (Å²) in [6.45, 7) is 0. The van der Waals surface area contributed by atoms with E-state index in [2.05, 4.69) is 0 Å². The first-order chi connectivity index (χ1) is 14.7. The van der Waals surface area contributed by atoms with Crippen LogP contribution in [0.5, 0.6) is 0 Å². The number of Topliss-reactive ketones (excluding diaryl/α,β-unsaturated/α-hetero) is 2. The van der Waals surface area contributed by atoms with E-state index < -0.39 is 36.1 Å². The van der Waals surface area contributed by atoms with Crippen molar-refractivity contribution < 1.29 is 31.2 Å². The number of allylic oxidation sites excluding steroid dienone is 5. The minimum Gasteiger partial charge on any atom is -0.501 e. The maximum absolute atomic E-state index is 12.6. The summed E-state index contributed by atoms with van der Waals surface area (Å²) >= 11 is 0. The van der Waals surface area contributed by atoms with Gasteiger partial charge in [0, 0.05) is 17.5 Å². The van der Waals surface area contributed by atoms with E-state index in [-0.39, 0.29) is 38.0 Å². The molecule has 0 atom stereocenters. The molecule has 9 heteroatoms. The molecule has 31 heavy (non-hydrogen) atoms. The fourth-order valence-electron chi connectivity index (χ4n) is 3.47. The Kier molecular flexibility index (Phi) is 5.03. The van der Waals surface area contributed by atoms with Crippen molar-refractivity contribution in [3.63, 3.8) is 0 Å². The minimum absolute atomic E-state index is 0.0447. The lowest BCUT2D eigenvalue weighted by Crippen LogP contribution is -2.03. The van der Waals surface area contributed by atoms with Gasteiger partial charge in [-0.1, -0.05) is 30.3 Å². The number of rotatable bonds is 4. The summed E-state index contributed by atoms with van der Waals surface area (Å²) in [5.41, 5.74) is 0.211. The van der Waals surface area contributed by atoms with Gasteiger partial charge in [0.2, 0.25) is 31.2 Å². The molecule has 2 aliphatic heterocycles. The predicted octanol–water partition coefficient (Wildman–Crippen LogP) is 3.02. The molecule has 0 unspecified atom stereocenters. The van der Waals surface area contributed by atoms with Crippen molar-refractivity contribution in [2.75, 3.05) is 7.11 Å². The van der Waals surface area contributed by atoms with Crippen molar-refractivity contribution in [1.29, 1.82) is 0 Å². The molecule has 0 spiro atoms. The lowest BCUT2D eigenvalue weighted by molar-refractivity contribution is 0.103. The second-order valence-corrected chi connectivity index (χ2v) is 10.6. The Morgan fingerprint density at radius 2 is 1.29 bits per heavy atom. The van der Waals surface area contributed by atoms with Crippen LogP contribution in [0.1, 0.15) is 27.1 Å². The Morgan fingerprint density at radius 3 is 1.81 bits per heavy atom. The summed E-state index contributed by atoms with van der Waals surface area (Å²) in [5.74, 6) is -1.05. The van der Waals surface area contributed by atoms with Crippen molar-refractivity contribution in [3.8, 4) is 0 Å². The van der Waals surface area contributed by atoms with Gasteiger partial charge in [-0.05, 0) is 36.4 Å². The number of carbonyl (C=O) groups is 2. The third-order valence-electron chi connectivity index (χ3n) is 5.04. The van der Waals surface area contributed by atoms with E-state index in [0.717, 1.165) is 6.08 Å². The zero-order valence-corrected chi connectivity index (χ0v) is 17.9. The fraction of sp³-hybridized carbons (Fsp3) is 0.0909. The number of ether oxygens (including phenoxy) is 1. The van der Waals surface area contributed by atoms with Gasteiger partial charge in [-0.2, -0.15) is 0 Å². The highest BCUT2D eigenvalue weighted by Crippen LogP contribution is 2.35. The van der Waals surface area contributed by atoms with Crippen LogP contribution < -0.4 is 0 Å². The molecule has 7 nitrogen and oxygen atoms in total. The fourth-order valence-corrected chi connectivity index (χ4v) is 6.62. The molecule has 0 amide bonds. The summed E-state index contributed by atoms with van der Waals surface area (Å²) in [7, 11) is -6.56. The largest absolute Gasteiger partial charge is 0.501 e. The van der Waals surface area contributed by atoms with Crippen LogP contribution in [0.15, 0.2) is 92.1 Å². The van der Waals surface area contributed by atoms with Crippen molar-refractivity contribution in [2.24, 2.45) is 0 Å². The van der Waals surface area contributed by atoms with Gasteiger partial charge in [0.25, 0.3) is 0 Å². The van der Waals surface area contributed by atoms with Gasteiger partial charge in [0.15, 0.2) is 0 Å². The average Bonchev–Trinajstić information content (AvgIpc) is 3.07. The SMILES string of the molecule is COC(=CC=C1C(=O)c2ccccc2S1(=O)=O)CC=C1C(=O)c2ccccc2S1(=O)=O. The number of hydrogen-bond acceptors (Lipinski definition) is 7. The maximum Gasteiger partial charge on any atom is 0.211 e. The highest BCUT2D eigenvalue weighted by atomic mass is 32.2. The number of ketones is 2. The first-order valence-electron chi connectivity index (χ1n) is 9.12. The second-order valence-electron chi connectivity index (χ2n) is 6.80. The van der Waals surface area contributed by atoms with Gasteiger partial charge >= 0.3 is 0 Å². The van der Waals surface area contributed by atoms with Crippen LogP contribution in [0.3, 0.4) is 0 Å². The normalized spacial score (nSPS) is 21.4. The molecule has 2 aliphatic rings. The summed E-state index contributed by atoms with van der Waals surface area (Å²) in [4.78, 5) is 24.1. The summed E-state index contributed by atoms with van der Waals surface area (Å²) < 4.78 is 55.7. The Labute approximate surface area is 179 Å². The Morgan fingerprint density at radius 1 is 0.806 bits per heavy atom. The number of fused-ring (bicyclic) bond motifs is 2. The molecule has 2 aromatic rings. The summed E-state index contributed by atoms with van der Waals surface area (Å²) in [5, 5.41) is 0. The number of hydrogen-bond donors (Lipinski definition) is 0. The van der Waals surface area contributed by atoms with Gasteiger partial charge in [0.05, 0.1) is 22.7 Å². The van der Waals surface area contributed by atoms with Gasteiger partial charge in [-0.25, -0.2) is 16.8 Å². The van der Waals surface area contributed by atoms with E-state index in [1.165, 1.54) is 55.7 Å². The van der Waals surface area contributed by atoms with Gasteiger partial charge in [-0.3, -0.25) is 9.59 Å². The van der Waals surface area contributed by atoms with Crippen LogP contribution in [0.25, 0.3) is 0 Å². The smallest absolute Gasteiger partial charge is 0.211 e. The van der Waals surface area contributed by atoms with Crippen LogP contribution in [0.2, 0.25) is 0 Å². The van der Waals surface area contributed by atoms with E-state index in [0.29, 0.717) is 0 Å². The molecule has 0 radical (unpaired) electrons. The van der Waals surface area contributed by atoms with Gasteiger partial charge in [0.1, 0.15) is 9.81 Å². The summed E-state index contributed by atoms with van der Waals surface area (Å²) in [6.07, 6.45) is 3.56. The number of carbonyl (C=O) groups excluding carboxylic acids is 2. The Hall–Kier alpha value is -3.30. The quantitative estimate of drug-likeness (QED) is 0.513. The lowest BCUT2D eigenvalue weighted by atomic mass is 10.1. The van der Waals surface area contributed by atoms with Crippen molar-refractivity contribution in [3.05, 3.63) is 93.5 Å². The third kappa shape index (κ3) is 3.26. The molecule has 0 fully saturated rings. The van der Waals surface area contributed by atoms with E-state index >= 15 is 0 Å². The van der Waals surface area contributed by atoms with Crippen LogP contribution in [-0.2, 0) is 24.4 Å². The molecule has 2 aromatic carbocycles. The van der Waals surface area contributed by atoms with E-state index in [9.17, 15) is 26.4 Å². The molecule has 0 saturated carbocycles. The highest BCUT2D eigenvalue weighted by Gasteiger charge is 2.39.